The second-order valence-corrected chi connectivity index (χ2v) is 16.5. The van der Waals surface area contributed by atoms with Crippen LogP contribution in [0.1, 0.15) is 106 Å². The summed E-state index contributed by atoms with van der Waals surface area (Å²) in [5.41, 5.74) is 3.84. The number of aliphatic hydroxyl groups is 1. The van der Waals surface area contributed by atoms with Gasteiger partial charge < -0.3 is 45.8 Å². The number of halogens is 4. The monoisotopic (exact) mass is 1220 g/mol. The number of rotatable bonds is 20. The van der Waals surface area contributed by atoms with Crippen molar-refractivity contribution < 1.29 is 48.8 Å². The number of nitrogens with zero attached hydrogens (tertiary/aromatic N) is 4. The van der Waals surface area contributed by atoms with Crippen LogP contribution >= 0.6 is 86.2 Å². The van der Waals surface area contributed by atoms with E-state index in [1.807, 2.05) is 6.92 Å². The fourth-order valence-corrected chi connectivity index (χ4v) is 7.74. The van der Waals surface area contributed by atoms with Crippen LogP contribution in [-0.4, -0.2) is 110 Å². The summed E-state index contributed by atoms with van der Waals surface area (Å²) < 4.78 is 13.9. The van der Waals surface area contributed by atoms with E-state index in [1.165, 1.54) is 58.7 Å². The number of ether oxygens (including phenoxy) is 2. The van der Waals surface area contributed by atoms with Gasteiger partial charge in [0, 0.05) is 70.1 Å². The predicted molar refractivity (Wildman–Crippen MR) is 271 cm³/mol. The number of thiophene rings is 3. The summed E-state index contributed by atoms with van der Waals surface area (Å²) in [6, 6.07) is 1.75. The molecule has 1 N–H and O–H groups in total. The zero-order valence-electron chi connectivity index (χ0n) is 37.1. The first-order valence-corrected chi connectivity index (χ1v) is 27.6. The fourth-order valence-electron chi connectivity index (χ4n) is 4.91. The fraction of sp³-hybridized carbons (Fsp3) is 0.698. The van der Waals surface area contributed by atoms with Crippen LogP contribution in [0.25, 0.3) is 0 Å². The molecule has 3 rings (SSSR count). The summed E-state index contributed by atoms with van der Waals surface area (Å²) >= 11 is 17.5. The Morgan fingerprint density at radius 2 is 1.05 bits per heavy atom. The Bertz CT molecular complexity index is 1230. The number of hydrogen-bond donors (Lipinski definition) is 1. The molecular weight excluding hydrogens is 1150 g/mol. The molecule has 0 amide bonds. The Morgan fingerprint density at radius 3 is 1.31 bits per heavy atom. The Balaban J connectivity index is -0.000000150. The molecule has 0 saturated heterocycles. The molecule has 0 aliphatic carbocycles. The molecule has 3 aromatic rings. The van der Waals surface area contributed by atoms with Gasteiger partial charge in [-0.05, 0) is 118 Å². The molecule has 7 nitrogen and oxygen atoms in total. The number of hydrogen-bond acceptors (Lipinski definition) is 9. The predicted octanol–water partition coefficient (Wildman–Crippen LogP) is 10.9. The van der Waals surface area contributed by atoms with Crippen LogP contribution in [0, 0.1) is 32.1 Å². The molecule has 0 aliphatic rings. The molecule has 0 aromatic carbocycles. The van der Waals surface area contributed by atoms with Crippen LogP contribution in [0.4, 0.5) is 0 Å². The van der Waals surface area contributed by atoms with Gasteiger partial charge in [-0.3, -0.25) is 0 Å². The molecular formula is C43H81Br3CuIN4O3S3. The third-order valence-corrected chi connectivity index (χ3v) is 12.5. The number of nitriles is 1. The Kier molecular flexibility index (Phi) is 63.2. The quantitative estimate of drug-likeness (QED) is 0.0400. The average molecular weight is 1230 g/mol. The van der Waals surface area contributed by atoms with E-state index in [9.17, 15) is 0 Å². The average Bonchev–Trinajstić information content (AvgIpc) is 3.94. The summed E-state index contributed by atoms with van der Waals surface area (Å²) in [5.74, 6) is 2.12. The van der Waals surface area contributed by atoms with Gasteiger partial charge in [0.2, 0.25) is 0 Å². The Morgan fingerprint density at radius 1 is 0.707 bits per heavy atom. The molecule has 0 unspecified atom stereocenters. The number of alkyl halides is 1. The van der Waals surface area contributed by atoms with Crippen LogP contribution in [0.2, 0.25) is 0 Å². The molecule has 0 fully saturated rings. The first-order valence-electron chi connectivity index (χ1n) is 19.8. The van der Waals surface area contributed by atoms with Gasteiger partial charge in [-0.15, -0.1) is 22.7 Å². The van der Waals surface area contributed by atoms with Gasteiger partial charge in [0.15, 0.2) is 0 Å². The van der Waals surface area contributed by atoms with Crippen molar-refractivity contribution >= 4 is 86.2 Å². The number of aliphatic hydroxyl groups excluding tert-OH is 1. The summed E-state index contributed by atoms with van der Waals surface area (Å²) in [6.07, 6.45) is 3.16. The first-order chi connectivity index (χ1) is 26.9. The minimum absolute atomic E-state index is 0. The maximum absolute atomic E-state index is 8.48. The van der Waals surface area contributed by atoms with Crippen molar-refractivity contribution in [2.24, 2.45) is 0 Å². The van der Waals surface area contributed by atoms with Gasteiger partial charge in [0.05, 0.1) is 45.5 Å². The van der Waals surface area contributed by atoms with Gasteiger partial charge >= 0.3 is 33.1 Å². The van der Waals surface area contributed by atoms with E-state index in [0.717, 1.165) is 88.6 Å². The van der Waals surface area contributed by atoms with Crippen molar-refractivity contribution in [3.8, 4) is 17.6 Å². The molecule has 0 atom stereocenters. The van der Waals surface area contributed by atoms with Crippen LogP contribution < -0.4 is 26.5 Å². The molecule has 0 radical (unpaired) electrons. The third-order valence-electron chi connectivity index (χ3n) is 8.75. The van der Waals surface area contributed by atoms with Crippen molar-refractivity contribution in [3.05, 3.63) is 53.4 Å². The SMILES string of the molecule is C.CC#N.CCBr.CCN(CC)CCCO.CCN(CC)CCCOc1cscc1C.CC[N+](CC)(CC)CCCOc1cscc1C.Cc1cscc1Br.[Br-].[Cu][I]. The van der Waals surface area contributed by atoms with Gasteiger partial charge in [-0.1, -0.05) is 58.0 Å². The molecule has 15 heteroatoms. The molecule has 3 heterocycles. The standard InChI is InChI=1S/C14H26NOS.C12H21NOS.C7H17NO.C5H5BrS.C2H5Br.C2H3N.CH4.BrH.Cu.HI/c1-5-15(6-2,7-3)9-8-10-16-14-12-17-11-13(14)4;1-4-13(5-2)7-6-8-14-12-10-15-9-11(12)3;1-3-8(4-2)6-5-7-9;1-4-2-7-3-5(4)6;2*1-2-3;;;;/h11-12H,5-10H2,1-4H3;9-10H,4-8H2,1-3H3;9H,3-7H2,1-2H3;2-3H,1H3;2H2,1H3;1H3;1H4;1H;;1H/q+1;;;;;;;;+1;/p-2. The van der Waals surface area contributed by atoms with Crippen LogP contribution in [0.5, 0.6) is 11.5 Å². The van der Waals surface area contributed by atoms with Crippen molar-refractivity contribution in [3.63, 3.8) is 0 Å². The third kappa shape index (κ3) is 39.6. The summed E-state index contributed by atoms with van der Waals surface area (Å²) in [7, 11) is 0. The van der Waals surface area contributed by atoms with E-state index in [1.54, 1.807) is 60.4 Å². The van der Waals surface area contributed by atoms with Crippen molar-refractivity contribution in [1.82, 2.24) is 9.80 Å². The van der Waals surface area contributed by atoms with E-state index in [2.05, 4.69) is 156 Å². The molecule has 3 aromatic heterocycles. The van der Waals surface area contributed by atoms with E-state index in [4.69, 9.17) is 19.8 Å². The first kappa shape index (κ1) is 70.4. The number of aryl methyl sites for hydroxylation is 3. The normalized spacial score (nSPS) is 9.64. The van der Waals surface area contributed by atoms with Crippen molar-refractivity contribution in [2.45, 2.75) is 110 Å². The zero-order valence-corrected chi connectivity index (χ0v) is 47.4. The topological polar surface area (TPSA) is 69.0 Å². The summed E-state index contributed by atoms with van der Waals surface area (Å²) in [5, 5.41) is 29.5. The number of quaternary nitrogens is 1. The van der Waals surface area contributed by atoms with E-state index < -0.39 is 0 Å². The molecule has 0 bridgehead atoms. The van der Waals surface area contributed by atoms with Gasteiger partial charge in [0.25, 0.3) is 0 Å². The van der Waals surface area contributed by atoms with Gasteiger partial charge in [-0.25, -0.2) is 0 Å². The van der Waals surface area contributed by atoms with E-state index >= 15 is 0 Å². The second-order valence-electron chi connectivity index (χ2n) is 12.3. The van der Waals surface area contributed by atoms with Gasteiger partial charge in [0.1, 0.15) is 11.5 Å². The molecule has 58 heavy (non-hydrogen) atoms. The Hall–Kier alpha value is 0.719. The summed E-state index contributed by atoms with van der Waals surface area (Å²) in [4.78, 5) is 4.72. The molecule has 0 saturated carbocycles. The molecule has 0 spiro atoms. The van der Waals surface area contributed by atoms with Crippen LogP contribution in [0.15, 0.2) is 36.8 Å². The van der Waals surface area contributed by atoms with E-state index in [0.29, 0.717) is 6.61 Å². The van der Waals surface area contributed by atoms with Crippen molar-refractivity contribution in [1.29, 1.82) is 5.26 Å². The molecule has 0 aliphatic heterocycles. The molecule has 348 valence electrons. The maximum atomic E-state index is 8.48. The second kappa shape index (κ2) is 52.1. The minimum atomic E-state index is 0. The van der Waals surface area contributed by atoms with Gasteiger partial charge in [-0.2, -0.15) is 16.6 Å². The van der Waals surface area contributed by atoms with Crippen LogP contribution in [-0.2, 0) is 12.8 Å². The zero-order chi connectivity index (χ0) is 43.6. The summed E-state index contributed by atoms with van der Waals surface area (Å²) in [6.45, 7) is 38.8. The van der Waals surface area contributed by atoms with Crippen molar-refractivity contribution in [2.75, 3.05) is 90.6 Å². The van der Waals surface area contributed by atoms with E-state index in [-0.39, 0.29) is 24.4 Å². The van der Waals surface area contributed by atoms with Crippen LogP contribution in [0.3, 0.4) is 0 Å². The Labute approximate surface area is 417 Å².